The highest BCUT2D eigenvalue weighted by atomic mass is 19.1. The van der Waals surface area contributed by atoms with Crippen LogP contribution in [0.5, 0.6) is 0 Å². The molecule has 100 valence electrons. The smallest absolute Gasteiger partial charge is 0.159 e. The van der Waals surface area contributed by atoms with Crippen molar-refractivity contribution >= 4 is 5.78 Å². The van der Waals surface area contributed by atoms with Crippen molar-refractivity contribution in [3.05, 3.63) is 41.5 Å². The van der Waals surface area contributed by atoms with E-state index < -0.39 is 0 Å². The van der Waals surface area contributed by atoms with Crippen LogP contribution in [0.25, 0.3) is 11.1 Å². The lowest BCUT2D eigenvalue weighted by atomic mass is 10.00. The highest BCUT2D eigenvalue weighted by molar-refractivity contribution is 5.95. The Hall–Kier alpha value is -1.97. The van der Waals surface area contributed by atoms with E-state index in [-0.39, 0.29) is 11.6 Å². The molecule has 0 N–H and O–H groups in total. The van der Waals surface area contributed by atoms with Crippen molar-refractivity contribution in [2.75, 3.05) is 0 Å². The van der Waals surface area contributed by atoms with Crippen LogP contribution < -0.4 is 0 Å². The number of Topliss-reactive ketones (excluding diaryl/α,β-unsaturated/α-hetero) is 1. The number of nitrogens with zero attached hydrogens (tertiary/aromatic N) is 2. The molecule has 0 atom stereocenters. The summed E-state index contributed by atoms with van der Waals surface area (Å²) < 4.78 is 15.7. The van der Waals surface area contributed by atoms with Crippen molar-refractivity contribution < 1.29 is 9.18 Å². The summed E-state index contributed by atoms with van der Waals surface area (Å²) in [4.78, 5) is 11.4. The topological polar surface area (TPSA) is 34.9 Å². The van der Waals surface area contributed by atoms with Crippen molar-refractivity contribution in [1.82, 2.24) is 9.78 Å². The van der Waals surface area contributed by atoms with Gasteiger partial charge in [0.2, 0.25) is 0 Å². The number of ketones is 1. The van der Waals surface area contributed by atoms with Crippen LogP contribution in [-0.2, 0) is 13.5 Å². The summed E-state index contributed by atoms with van der Waals surface area (Å²) in [5.74, 6) is -0.391. The number of carbonyl (C=O) groups excluding carboxylic acids is 1. The fourth-order valence-corrected chi connectivity index (χ4v) is 2.13. The lowest BCUT2D eigenvalue weighted by molar-refractivity contribution is 0.101. The number of rotatable bonds is 4. The number of hydrogen-bond donors (Lipinski definition) is 0. The largest absolute Gasteiger partial charge is 0.295 e. The monoisotopic (exact) mass is 260 g/mol. The molecule has 0 amide bonds. The van der Waals surface area contributed by atoms with E-state index in [1.807, 2.05) is 7.05 Å². The molecule has 0 saturated carbocycles. The number of aryl methyl sites for hydroxylation is 2. The summed E-state index contributed by atoms with van der Waals surface area (Å²) in [6.07, 6.45) is 3.53. The molecule has 0 aliphatic heterocycles. The van der Waals surface area contributed by atoms with Gasteiger partial charge in [0.05, 0.1) is 5.69 Å². The first-order chi connectivity index (χ1) is 9.02. The zero-order valence-electron chi connectivity index (χ0n) is 11.4. The quantitative estimate of drug-likeness (QED) is 0.790. The molecule has 0 aliphatic rings. The molecule has 19 heavy (non-hydrogen) atoms. The summed E-state index contributed by atoms with van der Waals surface area (Å²) in [6, 6.07) is 4.46. The van der Waals surface area contributed by atoms with Crippen molar-refractivity contribution in [2.45, 2.75) is 26.7 Å². The number of benzene rings is 1. The maximum atomic E-state index is 14.0. The average Bonchev–Trinajstić information content (AvgIpc) is 2.71. The van der Waals surface area contributed by atoms with E-state index in [0.717, 1.165) is 24.1 Å². The number of hydrogen-bond acceptors (Lipinski definition) is 2. The molecule has 0 aliphatic carbocycles. The molecule has 2 aromatic rings. The first kappa shape index (κ1) is 13.5. The standard InChI is InChI=1S/C15H17FN2O/c1-4-5-15-13(9-18(3)17-15)12-8-11(10(2)19)6-7-14(12)16/h6-9H,4-5H2,1-3H3. The Balaban J connectivity index is 2.57. The molecule has 0 unspecified atom stereocenters. The Morgan fingerprint density at radius 1 is 1.37 bits per heavy atom. The molecule has 0 fully saturated rings. The molecule has 4 heteroatoms. The maximum Gasteiger partial charge on any atom is 0.159 e. The second-order valence-corrected chi connectivity index (χ2v) is 4.66. The normalized spacial score (nSPS) is 10.7. The highest BCUT2D eigenvalue weighted by Crippen LogP contribution is 2.27. The Labute approximate surface area is 112 Å². The third-order valence-corrected chi connectivity index (χ3v) is 3.06. The van der Waals surface area contributed by atoms with Crippen LogP contribution in [0.15, 0.2) is 24.4 Å². The Morgan fingerprint density at radius 2 is 2.11 bits per heavy atom. The molecule has 2 rings (SSSR count). The maximum absolute atomic E-state index is 14.0. The number of aromatic nitrogens is 2. The van der Waals surface area contributed by atoms with Crippen LogP contribution in [0.4, 0.5) is 4.39 Å². The van der Waals surface area contributed by atoms with Crippen LogP contribution >= 0.6 is 0 Å². The summed E-state index contributed by atoms with van der Waals surface area (Å²) in [5.41, 5.74) is 2.60. The molecule has 0 bridgehead atoms. The van der Waals surface area contributed by atoms with Crippen molar-refractivity contribution in [2.24, 2.45) is 7.05 Å². The van der Waals surface area contributed by atoms with Crippen LogP contribution in [0.3, 0.4) is 0 Å². The van der Waals surface area contributed by atoms with Gasteiger partial charge in [-0.05, 0) is 31.5 Å². The molecule has 3 nitrogen and oxygen atoms in total. The van der Waals surface area contributed by atoms with E-state index in [9.17, 15) is 9.18 Å². The molecule has 1 aromatic heterocycles. The zero-order chi connectivity index (χ0) is 14.0. The van der Waals surface area contributed by atoms with Crippen LogP contribution in [0.2, 0.25) is 0 Å². The highest BCUT2D eigenvalue weighted by Gasteiger charge is 2.14. The SMILES string of the molecule is CCCc1nn(C)cc1-c1cc(C(C)=O)ccc1F. The Morgan fingerprint density at radius 3 is 2.74 bits per heavy atom. The van der Waals surface area contributed by atoms with E-state index >= 15 is 0 Å². The Kier molecular flexibility index (Phi) is 3.79. The first-order valence-corrected chi connectivity index (χ1v) is 6.36. The van der Waals surface area contributed by atoms with E-state index in [1.165, 1.54) is 19.1 Å². The summed E-state index contributed by atoms with van der Waals surface area (Å²) in [7, 11) is 1.81. The van der Waals surface area contributed by atoms with Crippen LogP contribution in [0, 0.1) is 5.82 Å². The molecule has 0 saturated heterocycles. The molecular formula is C15H17FN2O. The fourth-order valence-electron chi connectivity index (χ4n) is 2.13. The van der Waals surface area contributed by atoms with Gasteiger partial charge in [0.15, 0.2) is 5.78 Å². The van der Waals surface area contributed by atoms with Gasteiger partial charge < -0.3 is 0 Å². The van der Waals surface area contributed by atoms with Crippen molar-refractivity contribution in [3.63, 3.8) is 0 Å². The zero-order valence-corrected chi connectivity index (χ0v) is 11.4. The molecular weight excluding hydrogens is 243 g/mol. The van der Waals surface area contributed by atoms with E-state index in [2.05, 4.69) is 12.0 Å². The van der Waals surface area contributed by atoms with Gasteiger partial charge in [-0.2, -0.15) is 5.10 Å². The van der Waals surface area contributed by atoms with Crippen LogP contribution in [-0.4, -0.2) is 15.6 Å². The third-order valence-electron chi connectivity index (χ3n) is 3.06. The Bertz CT molecular complexity index is 617. The first-order valence-electron chi connectivity index (χ1n) is 6.36. The lowest BCUT2D eigenvalue weighted by Gasteiger charge is -2.05. The van der Waals surface area contributed by atoms with Gasteiger partial charge in [0.1, 0.15) is 5.82 Å². The number of halogens is 1. The molecule has 1 heterocycles. The minimum Gasteiger partial charge on any atom is -0.295 e. The van der Waals surface area contributed by atoms with Crippen molar-refractivity contribution in [3.8, 4) is 11.1 Å². The fraction of sp³-hybridized carbons (Fsp3) is 0.333. The van der Waals surface area contributed by atoms with Gasteiger partial charge in [-0.3, -0.25) is 9.48 Å². The predicted molar refractivity (Wildman–Crippen MR) is 72.6 cm³/mol. The van der Waals surface area contributed by atoms with E-state index in [0.29, 0.717) is 11.1 Å². The number of carbonyl (C=O) groups is 1. The minimum atomic E-state index is -0.324. The molecule has 0 spiro atoms. The van der Waals surface area contributed by atoms with Gasteiger partial charge in [-0.25, -0.2) is 4.39 Å². The predicted octanol–water partition coefficient (Wildman–Crippen LogP) is 3.38. The van der Waals surface area contributed by atoms with Crippen LogP contribution in [0.1, 0.15) is 36.3 Å². The van der Waals surface area contributed by atoms with E-state index in [1.54, 1.807) is 16.9 Å². The molecule has 1 aromatic carbocycles. The van der Waals surface area contributed by atoms with Gasteiger partial charge in [-0.15, -0.1) is 0 Å². The van der Waals surface area contributed by atoms with Gasteiger partial charge in [0.25, 0.3) is 0 Å². The third kappa shape index (κ3) is 2.72. The van der Waals surface area contributed by atoms with Gasteiger partial charge in [0, 0.05) is 29.9 Å². The van der Waals surface area contributed by atoms with Crippen molar-refractivity contribution in [1.29, 1.82) is 0 Å². The summed E-state index contributed by atoms with van der Waals surface area (Å²) in [5, 5.41) is 4.36. The summed E-state index contributed by atoms with van der Waals surface area (Å²) >= 11 is 0. The van der Waals surface area contributed by atoms with Gasteiger partial charge in [-0.1, -0.05) is 13.3 Å². The second-order valence-electron chi connectivity index (χ2n) is 4.66. The van der Waals surface area contributed by atoms with E-state index in [4.69, 9.17) is 0 Å². The molecule has 0 radical (unpaired) electrons. The van der Waals surface area contributed by atoms with Gasteiger partial charge >= 0.3 is 0 Å². The average molecular weight is 260 g/mol. The minimum absolute atomic E-state index is 0.0674. The summed E-state index contributed by atoms with van der Waals surface area (Å²) in [6.45, 7) is 3.54. The second kappa shape index (κ2) is 5.34. The lowest BCUT2D eigenvalue weighted by Crippen LogP contribution is -1.96.